The minimum atomic E-state index is -0.120. The van der Waals surface area contributed by atoms with E-state index in [0.717, 1.165) is 28.6 Å². The van der Waals surface area contributed by atoms with Crippen LogP contribution < -0.4 is 0 Å². The summed E-state index contributed by atoms with van der Waals surface area (Å²) >= 11 is 7.44. The van der Waals surface area contributed by atoms with E-state index >= 15 is 0 Å². The highest BCUT2D eigenvalue weighted by Gasteiger charge is 2.38. The lowest BCUT2D eigenvalue weighted by atomic mass is 9.73. The standard InChI is InChI=1S/C16H21Br2F/c1-12-6-7-15(19)8-13(12)9-16(10-17,11-18)14-4-2-3-5-14/h6-8,14H,2-5,9-11H2,1H3. The summed E-state index contributed by atoms with van der Waals surface area (Å²) < 4.78 is 13.5. The average Bonchev–Trinajstić information content (AvgIpc) is 2.94. The van der Waals surface area contributed by atoms with Crippen molar-refractivity contribution in [1.29, 1.82) is 0 Å². The fraction of sp³-hybridized carbons (Fsp3) is 0.625. The number of rotatable bonds is 5. The van der Waals surface area contributed by atoms with E-state index in [2.05, 4.69) is 38.8 Å². The van der Waals surface area contributed by atoms with Gasteiger partial charge in [-0.15, -0.1) is 0 Å². The number of halogens is 3. The van der Waals surface area contributed by atoms with E-state index in [1.165, 1.54) is 31.2 Å². The van der Waals surface area contributed by atoms with Gasteiger partial charge in [0.1, 0.15) is 5.82 Å². The summed E-state index contributed by atoms with van der Waals surface area (Å²) in [6.45, 7) is 2.08. The van der Waals surface area contributed by atoms with Crippen molar-refractivity contribution in [3.63, 3.8) is 0 Å². The lowest BCUT2D eigenvalue weighted by Gasteiger charge is -2.37. The van der Waals surface area contributed by atoms with Gasteiger partial charge in [-0.3, -0.25) is 0 Å². The van der Waals surface area contributed by atoms with Crippen molar-refractivity contribution in [2.45, 2.75) is 39.0 Å². The molecule has 3 heteroatoms. The van der Waals surface area contributed by atoms with Gasteiger partial charge in [-0.1, -0.05) is 50.8 Å². The number of aryl methyl sites for hydroxylation is 1. The van der Waals surface area contributed by atoms with Gasteiger partial charge in [0.25, 0.3) is 0 Å². The maximum atomic E-state index is 13.5. The monoisotopic (exact) mass is 390 g/mol. The summed E-state index contributed by atoms with van der Waals surface area (Å²) in [6, 6.07) is 5.16. The first-order valence-corrected chi connectivity index (χ1v) is 9.22. The summed E-state index contributed by atoms with van der Waals surface area (Å²) in [4.78, 5) is 0. The van der Waals surface area contributed by atoms with E-state index in [9.17, 15) is 4.39 Å². The zero-order valence-corrected chi connectivity index (χ0v) is 14.6. The summed E-state index contributed by atoms with van der Waals surface area (Å²) in [5.74, 6) is 0.624. The Kier molecular flexibility index (Phi) is 5.47. The van der Waals surface area contributed by atoms with Crippen LogP contribution in [0, 0.1) is 24.1 Å². The van der Waals surface area contributed by atoms with Gasteiger partial charge in [0.05, 0.1) is 0 Å². The third kappa shape index (κ3) is 3.41. The average molecular weight is 392 g/mol. The minimum absolute atomic E-state index is 0.120. The number of benzene rings is 1. The molecule has 0 saturated heterocycles. The van der Waals surface area contributed by atoms with Crippen molar-refractivity contribution in [3.8, 4) is 0 Å². The fourth-order valence-corrected chi connectivity index (χ4v) is 5.48. The second-order valence-electron chi connectivity index (χ2n) is 5.86. The minimum Gasteiger partial charge on any atom is -0.207 e. The van der Waals surface area contributed by atoms with Crippen LogP contribution in [0.1, 0.15) is 36.8 Å². The Hall–Kier alpha value is 0.110. The smallest absolute Gasteiger partial charge is 0.123 e. The zero-order chi connectivity index (χ0) is 13.9. The third-order valence-corrected chi connectivity index (χ3v) is 6.84. The molecule has 0 nitrogen and oxygen atoms in total. The molecule has 0 radical (unpaired) electrons. The number of hydrogen-bond acceptors (Lipinski definition) is 0. The van der Waals surface area contributed by atoms with Crippen LogP contribution in [-0.4, -0.2) is 10.7 Å². The Morgan fingerprint density at radius 1 is 1.21 bits per heavy atom. The first kappa shape index (κ1) is 15.5. The fourth-order valence-electron chi connectivity index (χ4n) is 3.24. The molecule has 0 spiro atoms. The summed E-state index contributed by atoms with van der Waals surface area (Å²) in [5.41, 5.74) is 2.58. The van der Waals surface area contributed by atoms with Crippen molar-refractivity contribution < 1.29 is 4.39 Å². The van der Waals surface area contributed by atoms with Crippen LogP contribution in [0.3, 0.4) is 0 Å². The predicted molar refractivity (Wildman–Crippen MR) is 86.8 cm³/mol. The van der Waals surface area contributed by atoms with E-state index in [0.29, 0.717) is 0 Å². The highest BCUT2D eigenvalue weighted by atomic mass is 79.9. The Labute approximate surface area is 132 Å². The molecule has 0 N–H and O–H groups in total. The molecular weight excluding hydrogens is 371 g/mol. The molecule has 19 heavy (non-hydrogen) atoms. The summed E-state index contributed by atoms with van der Waals surface area (Å²) in [6.07, 6.45) is 6.26. The molecular formula is C16H21Br2F. The van der Waals surface area contributed by atoms with Gasteiger partial charge in [-0.05, 0) is 60.8 Å². The molecule has 2 rings (SSSR count). The Morgan fingerprint density at radius 2 is 1.84 bits per heavy atom. The second-order valence-corrected chi connectivity index (χ2v) is 6.98. The molecule has 1 saturated carbocycles. The van der Waals surface area contributed by atoms with Gasteiger partial charge >= 0.3 is 0 Å². The first-order chi connectivity index (χ1) is 9.11. The molecule has 1 aromatic rings. The van der Waals surface area contributed by atoms with E-state index in [4.69, 9.17) is 0 Å². The molecule has 0 unspecified atom stereocenters. The van der Waals surface area contributed by atoms with Gasteiger partial charge in [-0.2, -0.15) is 0 Å². The van der Waals surface area contributed by atoms with Gasteiger partial charge in [0.15, 0.2) is 0 Å². The molecule has 0 atom stereocenters. The van der Waals surface area contributed by atoms with Gasteiger partial charge in [0.2, 0.25) is 0 Å². The topological polar surface area (TPSA) is 0 Å². The Balaban J connectivity index is 2.27. The molecule has 1 aliphatic rings. The molecule has 106 valence electrons. The van der Waals surface area contributed by atoms with Crippen molar-refractivity contribution in [2.75, 3.05) is 10.7 Å². The van der Waals surface area contributed by atoms with E-state index in [1.807, 2.05) is 6.07 Å². The maximum Gasteiger partial charge on any atom is 0.123 e. The zero-order valence-electron chi connectivity index (χ0n) is 11.4. The molecule has 0 amide bonds. The molecule has 0 aromatic heterocycles. The van der Waals surface area contributed by atoms with Crippen LogP contribution in [0.25, 0.3) is 0 Å². The van der Waals surface area contributed by atoms with Gasteiger partial charge in [-0.25, -0.2) is 4.39 Å². The van der Waals surface area contributed by atoms with Crippen LogP contribution in [0.5, 0.6) is 0 Å². The van der Waals surface area contributed by atoms with Crippen molar-refractivity contribution in [2.24, 2.45) is 11.3 Å². The van der Waals surface area contributed by atoms with Crippen LogP contribution in [0.15, 0.2) is 18.2 Å². The van der Waals surface area contributed by atoms with Crippen LogP contribution in [-0.2, 0) is 6.42 Å². The van der Waals surface area contributed by atoms with Crippen molar-refractivity contribution >= 4 is 31.9 Å². The van der Waals surface area contributed by atoms with Crippen molar-refractivity contribution in [3.05, 3.63) is 35.1 Å². The lowest BCUT2D eigenvalue weighted by molar-refractivity contribution is 0.232. The largest absolute Gasteiger partial charge is 0.207 e. The van der Waals surface area contributed by atoms with Gasteiger partial charge in [0, 0.05) is 10.7 Å². The lowest BCUT2D eigenvalue weighted by Crippen LogP contribution is -2.35. The third-order valence-electron chi connectivity index (χ3n) is 4.61. The number of hydrogen-bond donors (Lipinski definition) is 0. The molecule has 0 aliphatic heterocycles. The first-order valence-electron chi connectivity index (χ1n) is 6.98. The predicted octanol–water partition coefficient (Wildman–Crippen LogP) is 5.64. The van der Waals surface area contributed by atoms with E-state index in [1.54, 1.807) is 12.1 Å². The van der Waals surface area contributed by atoms with Crippen LogP contribution in [0.4, 0.5) is 4.39 Å². The van der Waals surface area contributed by atoms with Crippen molar-refractivity contribution in [1.82, 2.24) is 0 Å². The molecule has 0 heterocycles. The van der Waals surface area contributed by atoms with E-state index in [-0.39, 0.29) is 11.2 Å². The van der Waals surface area contributed by atoms with Crippen LogP contribution in [0.2, 0.25) is 0 Å². The molecule has 1 aromatic carbocycles. The van der Waals surface area contributed by atoms with E-state index < -0.39 is 0 Å². The second kappa shape index (κ2) is 6.71. The SMILES string of the molecule is Cc1ccc(F)cc1CC(CBr)(CBr)C1CCCC1. The normalized spacial score (nSPS) is 17.1. The Bertz CT molecular complexity index is 421. The Morgan fingerprint density at radius 3 is 2.42 bits per heavy atom. The molecule has 1 fully saturated rings. The molecule has 0 bridgehead atoms. The van der Waals surface area contributed by atoms with Gasteiger partial charge < -0.3 is 0 Å². The molecule has 1 aliphatic carbocycles. The number of alkyl halides is 2. The van der Waals surface area contributed by atoms with Crippen LogP contribution >= 0.6 is 31.9 Å². The maximum absolute atomic E-state index is 13.5. The summed E-state index contributed by atoms with van der Waals surface area (Å²) in [5, 5.41) is 1.96. The quantitative estimate of drug-likeness (QED) is 0.569. The highest BCUT2D eigenvalue weighted by molar-refractivity contribution is 9.09. The highest BCUT2D eigenvalue weighted by Crippen LogP contribution is 2.45. The summed E-state index contributed by atoms with van der Waals surface area (Å²) in [7, 11) is 0.